The summed E-state index contributed by atoms with van der Waals surface area (Å²) in [5.41, 5.74) is -0.424. The van der Waals surface area contributed by atoms with Gasteiger partial charge in [0.15, 0.2) is 0 Å². The predicted molar refractivity (Wildman–Crippen MR) is 67.0 cm³/mol. The summed E-state index contributed by atoms with van der Waals surface area (Å²) in [4.78, 5) is 13.3. The van der Waals surface area contributed by atoms with Crippen LogP contribution in [0.5, 0.6) is 0 Å². The fourth-order valence-corrected chi connectivity index (χ4v) is 1.50. The van der Waals surface area contributed by atoms with Gasteiger partial charge >= 0.3 is 6.09 Å². The van der Waals surface area contributed by atoms with Crippen LogP contribution in [0.1, 0.15) is 33.6 Å². The minimum atomic E-state index is -0.424. The number of amides is 1. The lowest BCUT2D eigenvalue weighted by Crippen LogP contribution is -2.55. The third-order valence-corrected chi connectivity index (χ3v) is 2.41. The molecule has 0 atom stereocenters. The number of rotatable bonds is 5. The Kier molecular flexibility index (Phi) is 5.00. The predicted octanol–water partition coefficient (Wildman–Crippen LogP) is 2.59. The van der Waals surface area contributed by atoms with E-state index in [1.807, 2.05) is 26.8 Å². The van der Waals surface area contributed by atoms with Gasteiger partial charge in [0.1, 0.15) is 5.60 Å². The van der Waals surface area contributed by atoms with E-state index in [0.717, 1.165) is 19.4 Å². The van der Waals surface area contributed by atoms with Crippen molar-refractivity contribution in [3.8, 4) is 0 Å². The molecule has 1 heterocycles. The zero-order valence-electron chi connectivity index (χ0n) is 11.1. The number of nitrogens with zero attached hydrogens (tertiary/aromatic N) is 1. The van der Waals surface area contributed by atoms with Crippen LogP contribution in [0.3, 0.4) is 0 Å². The van der Waals surface area contributed by atoms with Crippen molar-refractivity contribution in [3.05, 3.63) is 12.7 Å². The van der Waals surface area contributed by atoms with Gasteiger partial charge in [-0.05, 0) is 33.6 Å². The van der Waals surface area contributed by atoms with E-state index in [1.54, 1.807) is 4.90 Å². The Hall–Kier alpha value is -1.03. The Bertz CT molecular complexity index is 264. The van der Waals surface area contributed by atoms with Gasteiger partial charge in [0.2, 0.25) is 0 Å². The van der Waals surface area contributed by atoms with Gasteiger partial charge in [-0.1, -0.05) is 6.08 Å². The van der Waals surface area contributed by atoms with E-state index in [9.17, 15) is 4.79 Å². The fourth-order valence-electron chi connectivity index (χ4n) is 1.50. The van der Waals surface area contributed by atoms with Crippen LogP contribution < -0.4 is 0 Å². The van der Waals surface area contributed by atoms with Crippen molar-refractivity contribution in [2.75, 3.05) is 19.7 Å². The molecule has 0 aromatic carbocycles. The highest BCUT2D eigenvalue weighted by atomic mass is 16.6. The second-order valence-corrected chi connectivity index (χ2v) is 5.31. The average molecular weight is 241 g/mol. The third-order valence-electron chi connectivity index (χ3n) is 2.41. The van der Waals surface area contributed by atoms with Gasteiger partial charge in [-0.25, -0.2) is 4.79 Å². The maximum Gasteiger partial charge on any atom is 0.410 e. The van der Waals surface area contributed by atoms with Crippen LogP contribution in [0.4, 0.5) is 4.79 Å². The van der Waals surface area contributed by atoms with Crippen LogP contribution >= 0.6 is 0 Å². The van der Waals surface area contributed by atoms with Crippen molar-refractivity contribution in [2.24, 2.45) is 0 Å². The van der Waals surface area contributed by atoms with Crippen molar-refractivity contribution in [1.82, 2.24) is 4.90 Å². The second-order valence-electron chi connectivity index (χ2n) is 5.31. The molecule has 0 saturated carbocycles. The molecule has 1 saturated heterocycles. The second kappa shape index (κ2) is 6.05. The Labute approximate surface area is 104 Å². The molecule has 0 aromatic rings. The molecule has 0 aliphatic carbocycles. The topological polar surface area (TPSA) is 38.8 Å². The van der Waals surface area contributed by atoms with Gasteiger partial charge in [0.05, 0.1) is 19.2 Å². The number of carbonyl (C=O) groups excluding carboxylic acids is 1. The molecule has 0 unspecified atom stereocenters. The molecule has 0 radical (unpaired) electrons. The largest absolute Gasteiger partial charge is 0.444 e. The summed E-state index contributed by atoms with van der Waals surface area (Å²) in [7, 11) is 0. The van der Waals surface area contributed by atoms with Crippen molar-refractivity contribution in [2.45, 2.75) is 45.3 Å². The molecule has 4 heteroatoms. The SMILES string of the molecule is C=CCCCOC1CN(C(=O)OC(C)(C)C)C1. The summed E-state index contributed by atoms with van der Waals surface area (Å²) in [5, 5.41) is 0. The summed E-state index contributed by atoms with van der Waals surface area (Å²) >= 11 is 0. The molecule has 17 heavy (non-hydrogen) atoms. The summed E-state index contributed by atoms with van der Waals surface area (Å²) in [6.45, 7) is 11.3. The molecule has 98 valence electrons. The summed E-state index contributed by atoms with van der Waals surface area (Å²) < 4.78 is 10.8. The lowest BCUT2D eigenvalue weighted by Gasteiger charge is -2.39. The van der Waals surface area contributed by atoms with Crippen molar-refractivity contribution >= 4 is 6.09 Å². The molecular formula is C13H23NO3. The van der Waals surface area contributed by atoms with Crippen LogP contribution in [0, 0.1) is 0 Å². The molecule has 4 nitrogen and oxygen atoms in total. The molecule has 1 rings (SSSR count). The standard InChI is InChI=1S/C13H23NO3/c1-5-6-7-8-16-11-9-14(10-11)12(15)17-13(2,3)4/h5,11H,1,6-10H2,2-4H3. The van der Waals surface area contributed by atoms with Gasteiger partial charge in [-0.15, -0.1) is 6.58 Å². The highest BCUT2D eigenvalue weighted by Gasteiger charge is 2.33. The van der Waals surface area contributed by atoms with E-state index in [-0.39, 0.29) is 12.2 Å². The maximum atomic E-state index is 11.6. The first-order valence-electron chi connectivity index (χ1n) is 6.13. The number of hydrogen-bond acceptors (Lipinski definition) is 3. The maximum absolute atomic E-state index is 11.6. The summed E-state index contributed by atoms with van der Waals surface area (Å²) in [6, 6.07) is 0. The smallest absolute Gasteiger partial charge is 0.410 e. The lowest BCUT2D eigenvalue weighted by atomic mass is 10.1. The van der Waals surface area contributed by atoms with Crippen LogP contribution in [-0.2, 0) is 9.47 Å². The van der Waals surface area contributed by atoms with Crippen LogP contribution in [-0.4, -0.2) is 42.4 Å². The number of unbranched alkanes of at least 4 members (excludes halogenated alkanes) is 1. The third kappa shape index (κ3) is 5.22. The van der Waals surface area contributed by atoms with Gasteiger partial charge < -0.3 is 14.4 Å². The molecule has 0 bridgehead atoms. The van der Waals surface area contributed by atoms with Gasteiger partial charge in [-0.2, -0.15) is 0 Å². The monoisotopic (exact) mass is 241 g/mol. The number of ether oxygens (including phenoxy) is 2. The Morgan fingerprint density at radius 3 is 2.65 bits per heavy atom. The van der Waals surface area contributed by atoms with Crippen LogP contribution in [0.25, 0.3) is 0 Å². The number of allylic oxidation sites excluding steroid dienone is 1. The Morgan fingerprint density at radius 1 is 1.47 bits per heavy atom. The summed E-state index contributed by atoms with van der Waals surface area (Å²) in [6.07, 6.45) is 3.78. The minimum Gasteiger partial charge on any atom is -0.444 e. The van der Waals surface area contributed by atoms with Crippen molar-refractivity contribution in [1.29, 1.82) is 0 Å². The van der Waals surface area contributed by atoms with Crippen molar-refractivity contribution < 1.29 is 14.3 Å². The normalized spacial score (nSPS) is 16.5. The van der Waals surface area contributed by atoms with Crippen LogP contribution in [0.15, 0.2) is 12.7 Å². The van der Waals surface area contributed by atoms with E-state index >= 15 is 0 Å². The highest BCUT2D eigenvalue weighted by molar-refractivity contribution is 5.69. The molecular weight excluding hydrogens is 218 g/mol. The van der Waals surface area contributed by atoms with E-state index in [4.69, 9.17) is 9.47 Å². The number of likely N-dealkylation sites (tertiary alicyclic amines) is 1. The summed E-state index contributed by atoms with van der Waals surface area (Å²) in [5.74, 6) is 0. The average Bonchev–Trinajstić information content (AvgIpc) is 2.11. The molecule has 0 N–H and O–H groups in total. The molecule has 1 aliphatic heterocycles. The van der Waals surface area contributed by atoms with E-state index in [1.165, 1.54) is 0 Å². The molecule has 1 amide bonds. The van der Waals surface area contributed by atoms with Gasteiger partial charge in [0, 0.05) is 6.61 Å². The van der Waals surface area contributed by atoms with Crippen molar-refractivity contribution in [3.63, 3.8) is 0 Å². The zero-order chi connectivity index (χ0) is 12.9. The Balaban J connectivity index is 2.10. The fraction of sp³-hybridized carbons (Fsp3) is 0.769. The minimum absolute atomic E-state index is 0.173. The molecule has 1 fully saturated rings. The quantitative estimate of drug-likeness (QED) is 0.548. The van der Waals surface area contributed by atoms with Gasteiger partial charge in [0.25, 0.3) is 0 Å². The van der Waals surface area contributed by atoms with Crippen LogP contribution in [0.2, 0.25) is 0 Å². The first kappa shape index (κ1) is 14.0. The van der Waals surface area contributed by atoms with E-state index in [0.29, 0.717) is 13.1 Å². The molecule has 0 aromatic heterocycles. The van der Waals surface area contributed by atoms with Gasteiger partial charge in [-0.3, -0.25) is 0 Å². The number of carbonyl (C=O) groups is 1. The van der Waals surface area contributed by atoms with E-state index < -0.39 is 5.60 Å². The molecule has 0 spiro atoms. The zero-order valence-corrected chi connectivity index (χ0v) is 11.1. The first-order valence-corrected chi connectivity index (χ1v) is 6.13. The molecule has 1 aliphatic rings. The van der Waals surface area contributed by atoms with E-state index in [2.05, 4.69) is 6.58 Å². The lowest BCUT2D eigenvalue weighted by molar-refractivity contribution is -0.0633. The number of hydrogen-bond donors (Lipinski definition) is 0. The highest BCUT2D eigenvalue weighted by Crippen LogP contribution is 2.17. The first-order chi connectivity index (χ1) is 7.92. The Morgan fingerprint density at radius 2 is 2.12 bits per heavy atom.